The van der Waals surface area contributed by atoms with Gasteiger partial charge in [0.1, 0.15) is 6.61 Å². The van der Waals surface area contributed by atoms with E-state index >= 15 is 0 Å². The van der Waals surface area contributed by atoms with Crippen molar-refractivity contribution in [1.82, 2.24) is 0 Å². The van der Waals surface area contributed by atoms with Crippen LogP contribution in [0.25, 0.3) is 0 Å². The van der Waals surface area contributed by atoms with E-state index in [2.05, 4.69) is 14.0 Å². The monoisotopic (exact) mass is 690 g/mol. The zero-order valence-electron chi connectivity index (χ0n) is 28.4. The Balaban J connectivity index is 0. The van der Waals surface area contributed by atoms with Crippen molar-refractivity contribution in [3.63, 3.8) is 0 Å². The Morgan fingerprint density at radius 3 is 1.37 bits per heavy atom. The summed E-state index contributed by atoms with van der Waals surface area (Å²) < 4.78 is 54.7. The van der Waals surface area contributed by atoms with Crippen LogP contribution in [0.2, 0.25) is 0 Å². The first-order valence-electron chi connectivity index (χ1n) is 15.1. The fourth-order valence-electron chi connectivity index (χ4n) is 2.50. The number of rotatable bonds is 26. The number of esters is 4. The normalized spacial score (nSPS) is 11.7. The van der Waals surface area contributed by atoms with Crippen molar-refractivity contribution in [3.8, 4) is 0 Å². The number of carbonyl (C=O) groups is 4. The number of hydrogen-bond acceptors (Lipinski definition) is 14. The van der Waals surface area contributed by atoms with Crippen molar-refractivity contribution in [2.24, 2.45) is 10.8 Å². The van der Waals surface area contributed by atoms with Crippen LogP contribution in [0.15, 0.2) is 0 Å². The number of phosphoric acid groups is 1. The van der Waals surface area contributed by atoms with E-state index < -0.39 is 37.2 Å². The minimum atomic E-state index is -4.42. The Kier molecular flexibility index (Phi) is 26.8. The zero-order chi connectivity index (χ0) is 35.5. The smallest absolute Gasteiger partial charge is 0.466 e. The van der Waals surface area contributed by atoms with E-state index in [4.69, 9.17) is 38.2 Å². The molecule has 0 aromatic heterocycles. The summed E-state index contributed by atoms with van der Waals surface area (Å²) >= 11 is 0. The van der Waals surface area contributed by atoms with Crippen LogP contribution >= 0.6 is 7.82 Å². The standard InChI is InChI=1S/C16H33O10P.C13H22O6/c1-4-16(2,3)15(17)25-13-11-23-9-7-21-5-6-22-8-10-24-12-14-26-27(18,19)20;1-5-13(2,3)12(16)18-8-6-7-10(14)19-9-11(15)17-4/h4-14H2,1-3H3,(H2,18,19,20);5-9H2,1-4H3. The van der Waals surface area contributed by atoms with Crippen LogP contribution in [-0.4, -0.2) is 120 Å². The van der Waals surface area contributed by atoms with E-state index in [0.717, 1.165) is 6.42 Å². The van der Waals surface area contributed by atoms with Gasteiger partial charge in [0.2, 0.25) is 0 Å². The lowest BCUT2D eigenvalue weighted by molar-refractivity contribution is -0.158. The summed E-state index contributed by atoms with van der Waals surface area (Å²) in [7, 11) is -3.21. The second-order valence-electron chi connectivity index (χ2n) is 10.9. The molecule has 0 saturated heterocycles. The van der Waals surface area contributed by atoms with Gasteiger partial charge in [-0.3, -0.25) is 18.9 Å². The van der Waals surface area contributed by atoms with Gasteiger partial charge in [0, 0.05) is 6.42 Å². The topological polar surface area (TPSA) is 209 Å². The summed E-state index contributed by atoms with van der Waals surface area (Å²) in [5.74, 6) is -1.63. The molecule has 0 spiro atoms. The van der Waals surface area contributed by atoms with Crippen LogP contribution in [0.1, 0.15) is 67.2 Å². The first-order chi connectivity index (χ1) is 21.5. The fraction of sp³-hybridized carbons (Fsp3) is 0.862. The molecule has 0 amide bonds. The molecule has 0 unspecified atom stereocenters. The lowest BCUT2D eigenvalue weighted by Gasteiger charge is -2.20. The van der Waals surface area contributed by atoms with Crippen LogP contribution in [0.3, 0.4) is 0 Å². The van der Waals surface area contributed by atoms with Crippen molar-refractivity contribution in [1.29, 1.82) is 0 Å². The summed E-state index contributed by atoms with van der Waals surface area (Å²) in [6.45, 7) is 13.6. The van der Waals surface area contributed by atoms with Crippen molar-refractivity contribution in [2.75, 3.05) is 86.4 Å². The number of phosphoric ester groups is 1. The quantitative estimate of drug-likeness (QED) is 0.0578. The molecule has 0 aromatic carbocycles. The summed E-state index contributed by atoms with van der Waals surface area (Å²) in [5, 5.41) is 0. The van der Waals surface area contributed by atoms with E-state index in [1.54, 1.807) is 13.8 Å². The van der Waals surface area contributed by atoms with E-state index in [-0.39, 0.29) is 44.8 Å². The van der Waals surface area contributed by atoms with Crippen molar-refractivity contribution >= 4 is 31.7 Å². The molecular formula is C29H55O16P. The highest BCUT2D eigenvalue weighted by Gasteiger charge is 2.27. The third kappa shape index (κ3) is 28.1. The molecule has 272 valence electrons. The molecule has 46 heavy (non-hydrogen) atoms. The summed E-state index contributed by atoms with van der Waals surface area (Å²) in [5.41, 5.74) is -0.976. The van der Waals surface area contributed by atoms with Gasteiger partial charge in [-0.25, -0.2) is 9.36 Å². The maximum atomic E-state index is 11.7. The molecule has 0 heterocycles. The highest BCUT2D eigenvalue weighted by Crippen LogP contribution is 2.35. The highest BCUT2D eigenvalue weighted by molar-refractivity contribution is 7.46. The summed E-state index contributed by atoms with van der Waals surface area (Å²) in [6.07, 6.45) is 1.87. The molecule has 0 fully saturated rings. The maximum Gasteiger partial charge on any atom is 0.469 e. The second-order valence-corrected chi connectivity index (χ2v) is 12.1. The number of hydrogen-bond donors (Lipinski definition) is 2. The van der Waals surface area contributed by atoms with Crippen LogP contribution in [-0.2, 0) is 66.2 Å². The molecule has 0 aliphatic carbocycles. The van der Waals surface area contributed by atoms with Gasteiger partial charge in [-0.05, 0) is 47.0 Å². The molecule has 0 saturated carbocycles. The average molecular weight is 691 g/mol. The first kappa shape index (κ1) is 46.0. The molecule has 0 aromatic rings. The molecule has 0 rings (SSSR count). The largest absolute Gasteiger partial charge is 0.469 e. The Labute approximate surface area is 272 Å². The molecule has 16 nitrogen and oxygen atoms in total. The number of methoxy groups -OCH3 is 1. The lowest BCUT2D eigenvalue weighted by atomic mass is 9.91. The van der Waals surface area contributed by atoms with Gasteiger partial charge >= 0.3 is 31.7 Å². The molecule has 0 radical (unpaired) electrons. The van der Waals surface area contributed by atoms with Gasteiger partial charge in [-0.2, -0.15) is 0 Å². The molecule has 0 atom stereocenters. The minimum absolute atomic E-state index is 0.0769. The predicted octanol–water partition coefficient (Wildman–Crippen LogP) is 2.60. The molecular weight excluding hydrogens is 635 g/mol. The second kappa shape index (κ2) is 26.9. The van der Waals surface area contributed by atoms with Gasteiger partial charge in [0.15, 0.2) is 6.61 Å². The van der Waals surface area contributed by atoms with Crippen LogP contribution in [0, 0.1) is 10.8 Å². The molecule has 0 aliphatic rings. The fourth-order valence-corrected chi connectivity index (χ4v) is 2.81. The predicted molar refractivity (Wildman–Crippen MR) is 164 cm³/mol. The minimum Gasteiger partial charge on any atom is -0.466 e. The Bertz CT molecular complexity index is 886. The summed E-state index contributed by atoms with van der Waals surface area (Å²) in [6, 6.07) is 0. The molecule has 0 bridgehead atoms. The Morgan fingerprint density at radius 2 is 0.978 bits per heavy atom. The first-order valence-corrected chi connectivity index (χ1v) is 16.6. The Morgan fingerprint density at radius 1 is 0.587 bits per heavy atom. The SMILES string of the molecule is CCC(C)(C)C(=O)OCCCC(=O)OCC(=O)OC.CCC(C)(C)C(=O)OCCOCCOCCOCCOCCOP(=O)(O)O. The number of carbonyl (C=O) groups excluding carboxylic acids is 4. The lowest BCUT2D eigenvalue weighted by Crippen LogP contribution is -2.27. The van der Waals surface area contributed by atoms with Crippen molar-refractivity contribution in [3.05, 3.63) is 0 Å². The van der Waals surface area contributed by atoms with Gasteiger partial charge in [-0.15, -0.1) is 0 Å². The van der Waals surface area contributed by atoms with E-state index in [0.29, 0.717) is 59.1 Å². The third-order valence-corrected chi connectivity index (χ3v) is 6.79. The highest BCUT2D eigenvalue weighted by atomic mass is 31.2. The zero-order valence-corrected chi connectivity index (χ0v) is 29.3. The van der Waals surface area contributed by atoms with E-state index in [1.807, 2.05) is 27.7 Å². The maximum absolute atomic E-state index is 11.7. The van der Waals surface area contributed by atoms with Gasteiger partial charge in [0.25, 0.3) is 0 Å². The molecule has 2 N–H and O–H groups in total. The molecule has 0 aliphatic heterocycles. The van der Waals surface area contributed by atoms with E-state index in [9.17, 15) is 23.7 Å². The van der Waals surface area contributed by atoms with Crippen LogP contribution in [0.5, 0.6) is 0 Å². The van der Waals surface area contributed by atoms with Gasteiger partial charge in [0.05, 0.1) is 84.0 Å². The van der Waals surface area contributed by atoms with Crippen LogP contribution < -0.4 is 0 Å². The Hall–Kier alpha value is -2.17. The van der Waals surface area contributed by atoms with Gasteiger partial charge in [-0.1, -0.05) is 13.8 Å². The third-order valence-electron chi connectivity index (χ3n) is 6.27. The van der Waals surface area contributed by atoms with Gasteiger partial charge < -0.3 is 47.7 Å². The van der Waals surface area contributed by atoms with Crippen molar-refractivity contribution in [2.45, 2.75) is 67.2 Å². The van der Waals surface area contributed by atoms with Crippen LogP contribution in [0.4, 0.5) is 0 Å². The van der Waals surface area contributed by atoms with Crippen molar-refractivity contribution < 1.29 is 75.9 Å². The average Bonchev–Trinajstić information content (AvgIpc) is 3.00. The summed E-state index contributed by atoms with van der Waals surface area (Å²) in [4.78, 5) is 62.1. The van der Waals surface area contributed by atoms with E-state index in [1.165, 1.54) is 7.11 Å². The molecule has 17 heteroatoms. The number of ether oxygens (including phenoxy) is 8.